The number of rotatable bonds is 7. The Morgan fingerprint density at radius 2 is 1.80 bits per heavy atom. The number of aryl methyl sites for hydroxylation is 1. The second kappa shape index (κ2) is 8.75. The van der Waals surface area contributed by atoms with Gasteiger partial charge in [-0.1, -0.05) is 23.7 Å². The molecule has 0 unspecified atom stereocenters. The van der Waals surface area contributed by atoms with Crippen LogP contribution in [0.25, 0.3) is 0 Å². The predicted octanol–water partition coefficient (Wildman–Crippen LogP) is 3.62. The van der Waals surface area contributed by atoms with Gasteiger partial charge in [0.15, 0.2) is 0 Å². The molecule has 1 aliphatic rings. The summed E-state index contributed by atoms with van der Waals surface area (Å²) in [5.74, 6) is -0.123. The Hall–Kier alpha value is -3.06. The van der Waals surface area contributed by atoms with E-state index in [1.807, 2.05) is 24.3 Å². The van der Waals surface area contributed by atoms with Crippen molar-refractivity contribution in [2.45, 2.75) is 38.3 Å². The summed E-state index contributed by atoms with van der Waals surface area (Å²) < 4.78 is 5.15. The van der Waals surface area contributed by atoms with Crippen LogP contribution in [0.3, 0.4) is 0 Å². The highest BCUT2D eigenvalue weighted by atomic mass is 35.5. The molecule has 158 valence electrons. The summed E-state index contributed by atoms with van der Waals surface area (Å²) in [4.78, 5) is 39.1. The van der Waals surface area contributed by atoms with E-state index in [4.69, 9.17) is 16.3 Å². The van der Waals surface area contributed by atoms with Crippen LogP contribution in [-0.2, 0) is 16.0 Å². The van der Waals surface area contributed by atoms with Crippen molar-refractivity contribution in [2.24, 2.45) is 0 Å². The monoisotopic (exact) mass is 429 g/mol. The zero-order valence-electron chi connectivity index (χ0n) is 17.1. The molecule has 2 aromatic carbocycles. The van der Waals surface area contributed by atoms with Gasteiger partial charge in [0.25, 0.3) is 5.91 Å². The number of methoxy groups -OCH3 is 1. The third-order valence-corrected chi connectivity index (χ3v) is 5.50. The molecule has 1 saturated heterocycles. The number of nitrogens with one attached hydrogen (secondary N) is 2. The Kier molecular flexibility index (Phi) is 6.31. The van der Waals surface area contributed by atoms with Crippen molar-refractivity contribution in [2.75, 3.05) is 12.4 Å². The lowest BCUT2D eigenvalue weighted by atomic mass is 9.93. The molecule has 0 aromatic heterocycles. The molecule has 2 aromatic rings. The van der Waals surface area contributed by atoms with Crippen molar-refractivity contribution >= 4 is 35.1 Å². The number of amides is 4. The van der Waals surface area contributed by atoms with Crippen molar-refractivity contribution in [1.29, 1.82) is 0 Å². The maximum absolute atomic E-state index is 13.0. The third kappa shape index (κ3) is 4.57. The molecule has 0 aliphatic carbocycles. The van der Waals surface area contributed by atoms with Crippen LogP contribution in [0.5, 0.6) is 5.75 Å². The van der Waals surface area contributed by atoms with E-state index in [1.165, 1.54) is 6.92 Å². The molecule has 0 saturated carbocycles. The molecule has 2 N–H and O–H groups in total. The maximum atomic E-state index is 13.0. The molecule has 7 nitrogen and oxygen atoms in total. The summed E-state index contributed by atoms with van der Waals surface area (Å²) in [6, 6.07) is 12.6. The van der Waals surface area contributed by atoms with Crippen LogP contribution < -0.4 is 15.4 Å². The van der Waals surface area contributed by atoms with E-state index >= 15 is 0 Å². The summed E-state index contributed by atoms with van der Waals surface area (Å²) in [5, 5.41) is 5.99. The SMILES string of the molecule is COc1ccc(CC[C@@]2(C)NC(=O)N([C@H](C)C(=O)Nc3ccc(Cl)cc3)C2=O)cc1. The van der Waals surface area contributed by atoms with E-state index in [0.29, 0.717) is 23.6 Å². The van der Waals surface area contributed by atoms with E-state index in [0.717, 1.165) is 16.2 Å². The molecule has 30 heavy (non-hydrogen) atoms. The summed E-state index contributed by atoms with van der Waals surface area (Å²) >= 11 is 5.85. The summed E-state index contributed by atoms with van der Waals surface area (Å²) in [5.41, 5.74) is 0.475. The number of nitrogens with zero attached hydrogens (tertiary/aromatic N) is 1. The van der Waals surface area contributed by atoms with Gasteiger partial charge in [0.1, 0.15) is 17.3 Å². The molecule has 3 rings (SSSR count). The number of benzene rings is 2. The van der Waals surface area contributed by atoms with Crippen molar-refractivity contribution in [3.8, 4) is 5.75 Å². The minimum atomic E-state index is -1.08. The molecule has 0 bridgehead atoms. The summed E-state index contributed by atoms with van der Waals surface area (Å²) in [7, 11) is 1.60. The molecule has 0 spiro atoms. The van der Waals surface area contributed by atoms with Gasteiger partial charge < -0.3 is 15.4 Å². The number of carbonyl (C=O) groups is 3. The minimum Gasteiger partial charge on any atom is -0.497 e. The highest BCUT2D eigenvalue weighted by Gasteiger charge is 2.50. The van der Waals surface area contributed by atoms with Gasteiger partial charge >= 0.3 is 6.03 Å². The van der Waals surface area contributed by atoms with Crippen LogP contribution >= 0.6 is 11.6 Å². The van der Waals surface area contributed by atoms with Crippen molar-refractivity contribution in [3.63, 3.8) is 0 Å². The first-order chi connectivity index (χ1) is 14.2. The lowest BCUT2D eigenvalue weighted by Crippen LogP contribution is -2.48. The summed E-state index contributed by atoms with van der Waals surface area (Å²) in [6.07, 6.45) is 0.998. The average molecular weight is 430 g/mol. The Morgan fingerprint density at radius 1 is 1.17 bits per heavy atom. The number of anilines is 1. The molecule has 1 fully saturated rings. The van der Waals surface area contributed by atoms with Gasteiger partial charge in [-0.05, 0) is 68.7 Å². The second-order valence-corrected chi connectivity index (χ2v) is 7.89. The largest absolute Gasteiger partial charge is 0.497 e. The fourth-order valence-electron chi connectivity index (χ4n) is 3.31. The molecule has 8 heteroatoms. The van der Waals surface area contributed by atoms with E-state index in [2.05, 4.69) is 10.6 Å². The van der Waals surface area contributed by atoms with Crippen molar-refractivity contribution in [1.82, 2.24) is 10.2 Å². The molecule has 1 heterocycles. The quantitative estimate of drug-likeness (QED) is 0.658. The van der Waals surface area contributed by atoms with E-state index in [-0.39, 0.29) is 0 Å². The molecule has 0 radical (unpaired) electrons. The first-order valence-corrected chi connectivity index (χ1v) is 9.96. The number of halogens is 1. The van der Waals surface area contributed by atoms with Crippen LogP contribution in [0, 0.1) is 0 Å². The Morgan fingerprint density at radius 3 is 2.40 bits per heavy atom. The van der Waals surface area contributed by atoms with Crippen LogP contribution in [0.1, 0.15) is 25.8 Å². The standard InChI is InChI=1S/C22H24ClN3O4/c1-14(19(27)24-17-8-6-16(23)7-9-17)26-20(28)22(2,25-21(26)29)13-12-15-4-10-18(30-3)11-5-15/h4-11,14H,12-13H2,1-3H3,(H,24,27)(H,25,29)/t14-,22-/m1/s1. The van der Waals surface area contributed by atoms with Gasteiger partial charge in [0, 0.05) is 10.7 Å². The maximum Gasteiger partial charge on any atom is 0.325 e. The minimum absolute atomic E-state index is 0.409. The zero-order valence-corrected chi connectivity index (χ0v) is 17.8. The van der Waals surface area contributed by atoms with Gasteiger partial charge in [0.05, 0.1) is 7.11 Å². The lowest BCUT2D eigenvalue weighted by molar-refractivity contribution is -0.136. The molecule has 2 atom stereocenters. The number of carbonyl (C=O) groups excluding carboxylic acids is 3. The lowest BCUT2D eigenvalue weighted by Gasteiger charge is -2.24. The van der Waals surface area contributed by atoms with Crippen LogP contribution in [0.2, 0.25) is 5.02 Å². The Bertz CT molecular complexity index is 946. The van der Waals surface area contributed by atoms with Gasteiger partial charge in [-0.15, -0.1) is 0 Å². The first-order valence-electron chi connectivity index (χ1n) is 9.59. The number of urea groups is 1. The third-order valence-electron chi connectivity index (χ3n) is 5.24. The molecular weight excluding hydrogens is 406 g/mol. The van der Waals surface area contributed by atoms with Crippen LogP contribution in [0.15, 0.2) is 48.5 Å². The molecule has 4 amide bonds. The number of hydrogen-bond donors (Lipinski definition) is 2. The Labute approximate surface area is 180 Å². The van der Waals surface area contributed by atoms with Crippen LogP contribution in [0.4, 0.5) is 10.5 Å². The smallest absolute Gasteiger partial charge is 0.325 e. The molecular formula is C22H24ClN3O4. The first kappa shape index (κ1) is 21.6. The highest BCUT2D eigenvalue weighted by Crippen LogP contribution is 2.26. The van der Waals surface area contributed by atoms with Gasteiger partial charge in [0.2, 0.25) is 5.91 Å². The summed E-state index contributed by atoms with van der Waals surface area (Å²) in [6.45, 7) is 3.21. The molecule has 1 aliphatic heterocycles. The van der Waals surface area contributed by atoms with E-state index in [1.54, 1.807) is 38.3 Å². The fourth-order valence-corrected chi connectivity index (χ4v) is 3.44. The zero-order chi connectivity index (χ0) is 21.9. The normalized spacial score (nSPS) is 19.4. The predicted molar refractivity (Wildman–Crippen MR) is 115 cm³/mol. The van der Waals surface area contributed by atoms with E-state index < -0.39 is 29.4 Å². The van der Waals surface area contributed by atoms with E-state index in [9.17, 15) is 14.4 Å². The average Bonchev–Trinajstić information content (AvgIpc) is 2.96. The van der Waals surface area contributed by atoms with Gasteiger partial charge in [-0.3, -0.25) is 9.59 Å². The number of hydrogen-bond acceptors (Lipinski definition) is 4. The number of imide groups is 1. The topological polar surface area (TPSA) is 87.7 Å². The van der Waals surface area contributed by atoms with Gasteiger partial charge in [-0.2, -0.15) is 0 Å². The highest BCUT2D eigenvalue weighted by molar-refractivity contribution is 6.30. The second-order valence-electron chi connectivity index (χ2n) is 7.46. The van der Waals surface area contributed by atoms with Crippen LogP contribution in [-0.4, -0.2) is 41.4 Å². The fraction of sp³-hybridized carbons (Fsp3) is 0.318. The van der Waals surface area contributed by atoms with Crippen molar-refractivity contribution in [3.05, 3.63) is 59.1 Å². The van der Waals surface area contributed by atoms with Crippen molar-refractivity contribution < 1.29 is 19.1 Å². The number of ether oxygens (including phenoxy) is 1. The van der Waals surface area contributed by atoms with Gasteiger partial charge in [-0.25, -0.2) is 9.69 Å². The Balaban J connectivity index is 1.65.